The lowest BCUT2D eigenvalue weighted by Crippen LogP contribution is -2.40. The van der Waals surface area contributed by atoms with Crippen LogP contribution in [0.1, 0.15) is 41.5 Å². The average Bonchev–Trinajstić information content (AvgIpc) is 3.49. The van der Waals surface area contributed by atoms with Crippen molar-refractivity contribution in [3.63, 3.8) is 0 Å². The molecule has 7 heteroatoms. The van der Waals surface area contributed by atoms with Gasteiger partial charge >= 0.3 is 0 Å². The molecule has 6 nitrogen and oxygen atoms in total. The molecule has 1 N–H and O–H groups in total. The number of aromatic amines is 1. The third-order valence-electron chi connectivity index (χ3n) is 5.94. The van der Waals surface area contributed by atoms with Gasteiger partial charge in [0.2, 0.25) is 17.7 Å². The summed E-state index contributed by atoms with van der Waals surface area (Å²) in [4.78, 5) is 18.5. The molecule has 1 saturated heterocycles. The average molecular weight is 421 g/mol. The van der Waals surface area contributed by atoms with Crippen LogP contribution in [0.25, 0.3) is 22.4 Å². The lowest BCUT2D eigenvalue weighted by atomic mass is 9.97. The first-order chi connectivity index (χ1) is 14.6. The first-order valence-corrected chi connectivity index (χ1v) is 11.2. The molecule has 1 fully saturated rings. The first-order valence-electron chi connectivity index (χ1n) is 10.3. The zero-order chi connectivity index (χ0) is 20.7. The molecule has 1 aromatic carbocycles. The maximum Gasteiger partial charge on any atom is 0.248 e. The van der Waals surface area contributed by atoms with Crippen LogP contribution in [0.2, 0.25) is 0 Å². The fraction of sp³-hybridized carbons (Fsp3) is 0.348. The Morgan fingerprint density at radius 1 is 1.30 bits per heavy atom. The summed E-state index contributed by atoms with van der Waals surface area (Å²) in [7, 11) is 0. The number of carbonyl (C=O) groups is 1. The lowest BCUT2D eigenvalue weighted by molar-refractivity contribution is -0.131. The van der Waals surface area contributed by atoms with E-state index in [9.17, 15) is 4.79 Å². The van der Waals surface area contributed by atoms with Crippen LogP contribution in [0.15, 0.2) is 39.4 Å². The molecule has 1 unspecified atom stereocenters. The van der Waals surface area contributed by atoms with Crippen LogP contribution in [0, 0.1) is 13.8 Å². The largest absolute Gasteiger partial charge is 0.420 e. The highest BCUT2D eigenvalue weighted by Crippen LogP contribution is 2.30. The fourth-order valence-corrected chi connectivity index (χ4v) is 4.92. The first kappa shape index (κ1) is 19.1. The number of aryl methyl sites for hydroxylation is 2. The second kappa shape index (κ2) is 7.72. The molecule has 0 saturated carbocycles. The van der Waals surface area contributed by atoms with E-state index >= 15 is 0 Å². The van der Waals surface area contributed by atoms with Crippen molar-refractivity contribution >= 4 is 28.1 Å². The van der Waals surface area contributed by atoms with Crippen molar-refractivity contribution in [2.24, 2.45) is 0 Å². The minimum atomic E-state index is 0.0916. The van der Waals surface area contributed by atoms with E-state index in [2.05, 4.69) is 40.3 Å². The van der Waals surface area contributed by atoms with E-state index in [4.69, 9.17) is 4.42 Å². The Labute approximate surface area is 178 Å². The topological polar surface area (TPSA) is 75.0 Å². The van der Waals surface area contributed by atoms with Gasteiger partial charge in [0.15, 0.2) is 0 Å². The summed E-state index contributed by atoms with van der Waals surface area (Å²) < 4.78 is 5.93. The zero-order valence-electron chi connectivity index (χ0n) is 17.1. The molecule has 4 heterocycles. The van der Waals surface area contributed by atoms with Gasteiger partial charge in [0.1, 0.15) is 0 Å². The van der Waals surface area contributed by atoms with Gasteiger partial charge in [-0.3, -0.25) is 4.79 Å². The Morgan fingerprint density at radius 3 is 3.03 bits per heavy atom. The molecule has 154 valence electrons. The predicted molar refractivity (Wildman–Crippen MR) is 118 cm³/mol. The van der Waals surface area contributed by atoms with E-state index in [0.29, 0.717) is 24.7 Å². The van der Waals surface area contributed by atoms with Crippen molar-refractivity contribution in [3.8, 4) is 11.5 Å². The van der Waals surface area contributed by atoms with E-state index in [-0.39, 0.29) is 11.8 Å². The van der Waals surface area contributed by atoms with Crippen LogP contribution in [0.3, 0.4) is 0 Å². The lowest BCUT2D eigenvalue weighted by Gasteiger charge is -2.31. The molecule has 4 aromatic rings. The standard InChI is InChI=1S/C23H24N4O2S/c1-14-5-6-20-19(10-14)18(15(2)24-20)11-21(28)27-8-3-4-16(12-27)22-25-26-23(29-22)17-7-9-30-13-17/h5-7,9-10,13,16,24H,3-4,8,11-12H2,1-2H3. The molecular formula is C23H24N4O2S. The van der Waals surface area contributed by atoms with Gasteiger partial charge in [-0.15, -0.1) is 10.2 Å². The molecule has 5 rings (SSSR count). The SMILES string of the molecule is Cc1ccc2[nH]c(C)c(CC(=O)N3CCCC(c4nnc(-c5ccsc5)o4)C3)c2c1. The molecule has 30 heavy (non-hydrogen) atoms. The van der Waals surface area contributed by atoms with Gasteiger partial charge in [-0.2, -0.15) is 11.3 Å². The van der Waals surface area contributed by atoms with E-state index < -0.39 is 0 Å². The number of aromatic nitrogens is 3. The molecule has 0 aliphatic carbocycles. The van der Waals surface area contributed by atoms with Gasteiger partial charge in [-0.1, -0.05) is 11.6 Å². The molecule has 1 amide bonds. The van der Waals surface area contributed by atoms with Crippen LogP contribution >= 0.6 is 11.3 Å². The van der Waals surface area contributed by atoms with Gasteiger partial charge in [-0.05, 0) is 55.8 Å². The summed E-state index contributed by atoms with van der Waals surface area (Å²) in [6.45, 7) is 5.53. The summed E-state index contributed by atoms with van der Waals surface area (Å²) in [6, 6.07) is 8.31. The summed E-state index contributed by atoms with van der Waals surface area (Å²) in [5.74, 6) is 1.43. The quantitative estimate of drug-likeness (QED) is 0.512. The normalized spacial score (nSPS) is 17.0. The van der Waals surface area contributed by atoms with Gasteiger partial charge in [-0.25, -0.2) is 0 Å². The second-order valence-corrected chi connectivity index (χ2v) is 8.87. The van der Waals surface area contributed by atoms with E-state index in [1.807, 2.05) is 28.7 Å². The van der Waals surface area contributed by atoms with E-state index in [1.165, 1.54) is 5.56 Å². The summed E-state index contributed by atoms with van der Waals surface area (Å²) in [5, 5.41) is 13.6. The number of nitrogens with one attached hydrogen (secondary N) is 1. The van der Waals surface area contributed by atoms with Gasteiger partial charge in [0, 0.05) is 40.6 Å². The Hall–Kier alpha value is -2.93. The highest BCUT2D eigenvalue weighted by Gasteiger charge is 2.29. The highest BCUT2D eigenvalue weighted by atomic mass is 32.1. The minimum Gasteiger partial charge on any atom is -0.420 e. The van der Waals surface area contributed by atoms with Gasteiger partial charge in [0.25, 0.3) is 0 Å². The third-order valence-corrected chi connectivity index (χ3v) is 6.62. The number of hydrogen-bond donors (Lipinski definition) is 1. The van der Waals surface area contributed by atoms with Crippen molar-refractivity contribution in [2.45, 2.75) is 39.0 Å². The molecule has 1 aliphatic heterocycles. The number of fused-ring (bicyclic) bond motifs is 1. The second-order valence-electron chi connectivity index (χ2n) is 8.09. The number of amides is 1. The Morgan fingerprint density at radius 2 is 2.20 bits per heavy atom. The Kier molecular flexibility index (Phi) is 4.90. The Balaban J connectivity index is 1.32. The van der Waals surface area contributed by atoms with Crippen molar-refractivity contribution in [1.82, 2.24) is 20.1 Å². The number of likely N-dealkylation sites (tertiary alicyclic amines) is 1. The summed E-state index contributed by atoms with van der Waals surface area (Å²) in [6.07, 6.45) is 2.31. The number of piperidine rings is 1. The van der Waals surface area contributed by atoms with Crippen LogP contribution < -0.4 is 0 Å². The molecular weight excluding hydrogens is 396 g/mol. The van der Waals surface area contributed by atoms with Crippen LogP contribution in [-0.2, 0) is 11.2 Å². The smallest absolute Gasteiger partial charge is 0.248 e. The van der Waals surface area contributed by atoms with E-state index in [1.54, 1.807) is 11.3 Å². The number of benzene rings is 1. The number of hydrogen-bond acceptors (Lipinski definition) is 5. The molecule has 0 spiro atoms. The Bertz CT molecular complexity index is 1190. The van der Waals surface area contributed by atoms with Crippen LogP contribution in [-0.4, -0.2) is 39.1 Å². The van der Waals surface area contributed by atoms with Crippen LogP contribution in [0.4, 0.5) is 0 Å². The van der Waals surface area contributed by atoms with Crippen molar-refractivity contribution in [3.05, 3.63) is 57.7 Å². The number of H-pyrrole nitrogens is 1. The maximum atomic E-state index is 13.2. The molecule has 0 bridgehead atoms. The number of carbonyl (C=O) groups excluding carboxylic acids is 1. The van der Waals surface area contributed by atoms with Crippen molar-refractivity contribution in [1.29, 1.82) is 0 Å². The summed E-state index contributed by atoms with van der Waals surface area (Å²) in [5.41, 5.74) is 5.40. The predicted octanol–water partition coefficient (Wildman–Crippen LogP) is 4.84. The maximum absolute atomic E-state index is 13.2. The van der Waals surface area contributed by atoms with Gasteiger partial charge < -0.3 is 14.3 Å². The number of nitrogens with zero attached hydrogens (tertiary/aromatic N) is 3. The third kappa shape index (κ3) is 3.54. The molecule has 1 atom stereocenters. The fourth-order valence-electron chi connectivity index (χ4n) is 4.29. The monoisotopic (exact) mass is 420 g/mol. The van der Waals surface area contributed by atoms with E-state index in [0.717, 1.165) is 47.1 Å². The number of thiophene rings is 1. The van der Waals surface area contributed by atoms with Gasteiger partial charge in [0.05, 0.1) is 12.3 Å². The highest BCUT2D eigenvalue weighted by molar-refractivity contribution is 7.08. The zero-order valence-corrected chi connectivity index (χ0v) is 18.0. The van der Waals surface area contributed by atoms with Crippen molar-refractivity contribution < 1.29 is 9.21 Å². The molecule has 0 radical (unpaired) electrons. The summed E-state index contributed by atoms with van der Waals surface area (Å²) >= 11 is 1.60. The molecule has 3 aromatic heterocycles. The van der Waals surface area contributed by atoms with Crippen molar-refractivity contribution in [2.75, 3.05) is 13.1 Å². The van der Waals surface area contributed by atoms with Crippen LogP contribution in [0.5, 0.6) is 0 Å². The minimum absolute atomic E-state index is 0.0916. The number of rotatable bonds is 4. The molecule has 1 aliphatic rings.